The van der Waals surface area contributed by atoms with Crippen molar-refractivity contribution >= 4 is 39.3 Å². The van der Waals surface area contributed by atoms with Crippen molar-refractivity contribution in [2.75, 3.05) is 5.32 Å². The predicted octanol–water partition coefficient (Wildman–Crippen LogP) is 3.40. The third-order valence-electron chi connectivity index (χ3n) is 5.29. The number of carbonyl (C=O) groups is 2. The molecule has 29 heavy (non-hydrogen) atoms. The number of nitrogens with two attached hydrogens (primary N) is 1. The first-order valence-electron chi connectivity index (χ1n) is 9.62. The molecule has 0 fully saturated rings. The number of primary amides is 1. The summed E-state index contributed by atoms with van der Waals surface area (Å²) in [5.41, 5.74) is 8.76. The first kappa shape index (κ1) is 18.7. The summed E-state index contributed by atoms with van der Waals surface area (Å²) in [5, 5.41) is 5.26. The molecule has 0 aliphatic heterocycles. The van der Waals surface area contributed by atoms with Crippen molar-refractivity contribution in [3.05, 3.63) is 72.6 Å². The molecule has 2 aromatic heterocycles. The molecule has 6 nitrogen and oxygen atoms in total. The Bertz CT molecular complexity index is 1240. The van der Waals surface area contributed by atoms with Gasteiger partial charge in [0.15, 0.2) is 12.4 Å². The molecule has 0 spiro atoms. The van der Waals surface area contributed by atoms with Crippen LogP contribution in [-0.2, 0) is 11.3 Å². The molecule has 3 N–H and O–H groups in total. The third kappa shape index (κ3) is 3.33. The second-order valence-corrected chi connectivity index (χ2v) is 7.06. The van der Waals surface area contributed by atoms with Gasteiger partial charge in [0.2, 0.25) is 6.04 Å². The summed E-state index contributed by atoms with van der Waals surface area (Å²) >= 11 is 0. The Morgan fingerprint density at radius 1 is 1.07 bits per heavy atom. The summed E-state index contributed by atoms with van der Waals surface area (Å²) in [7, 11) is 0. The molecule has 146 valence electrons. The minimum atomic E-state index is -0.523. The van der Waals surface area contributed by atoms with Crippen LogP contribution in [0.25, 0.3) is 21.8 Å². The Morgan fingerprint density at radius 2 is 1.83 bits per heavy atom. The zero-order chi connectivity index (χ0) is 20.5. The van der Waals surface area contributed by atoms with Crippen LogP contribution in [0.2, 0.25) is 0 Å². The van der Waals surface area contributed by atoms with Crippen LogP contribution < -0.4 is 15.6 Å². The Hall–Kier alpha value is -3.67. The van der Waals surface area contributed by atoms with E-state index in [1.54, 1.807) is 36.0 Å². The lowest BCUT2D eigenvalue weighted by Gasteiger charge is -2.10. The second kappa shape index (κ2) is 7.39. The van der Waals surface area contributed by atoms with Crippen molar-refractivity contribution in [3.63, 3.8) is 0 Å². The van der Waals surface area contributed by atoms with Gasteiger partial charge in [-0.1, -0.05) is 18.2 Å². The molecular formula is C23H23N4O2+. The van der Waals surface area contributed by atoms with E-state index in [0.717, 1.165) is 28.5 Å². The third-order valence-corrected chi connectivity index (χ3v) is 5.29. The lowest BCUT2D eigenvalue weighted by atomic mass is 10.1. The van der Waals surface area contributed by atoms with Crippen molar-refractivity contribution in [1.82, 2.24) is 4.57 Å². The fourth-order valence-electron chi connectivity index (χ4n) is 3.73. The highest BCUT2D eigenvalue weighted by atomic mass is 16.2. The van der Waals surface area contributed by atoms with Crippen molar-refractivity contribution in [2.45, 2.75) is 26.4 Å². The van der Waals surface area contributed by atoms with E-state index in [-0.39, 0.29) is 5.91 Å². The molecule has 4 aromatic rings. The average molecular weight is 387 g/mol. The van der Waals surface area contributed by atoms with Gasteiger partial charge in [-0.3, -0.25) is 9.59 Å². The normalized spacial score (nSPS) is 12.2. The zero-order valence-electron chi connectivity index (χ0n) is 16.4. The van der Waals surface area contributed by atoms with Gasteiger partial charge in [-0.05, 0) is 37.3 Å². The molecule has 0 saturated carbocycles. The van der Waals surface area contributed by atoms with Crippen LogP contribution in [0, 0.1) is 0 Å². The molecule has 2 amide bonds. The van der Waals surface area contributed by atoms with E-state index in [9.17, 15) is 9.59 Å². The van der Waals surface area contributed by atoms with Gasteiger partial charge >= 0.3 is 0 Å². The van der Waals surface area contributed by atoms with Crippen molar-refractivity contribution < 1.29 is 14.2 Å². The number of hydrogen-bond donors (Lipinski definition) is 2. The molecule has 1 atom stereocenters. The summed E-state index contributed by atoms with van der Waals surface area (Å²) in [4.78, 5) is 24.2. The van der Waals surface area contributed by atoms with Gasteiger partial charge in [-0.15, -0.1) is 0 Å². The fourth-order valence-corrected chi connectivity index (χ4v) is 3.73. The maximum Gasteiger partial charge on any atom is 0.293 e. The summed E-state index contributed by atoms with van der Waals surface area (Å²) in [6.07, 6.45) is 3.33. The molecule has 2 heterocycles. The quantitative estimate of drug-likeness (QED) is 0.515. The van der Waals surface area contributed by atoms with Gasteiger partial charge in [0.25, 0.3) is 11.8 Å². The number of fused-ring (bicyclic) bond motifs is 3. The number of amides is 2. The second-order valence-electron chi connectivity index (χ2n) is 7.06. The zero-order valence-corrected chi connectivity index (χ0v) is 16.4. The Morgan fingerprint density at radius 3 is 2.59 bits per heavy atom. The fraction of sp³-hybridized carbons (Fsp3) is 0.174. The van der Waals surface area contributed by atoms with E-state index >= 15 is 0 Å². The molecule has 0 bridgehead atoms. The van der Waals surface area contributed by atoms with Crippen LogP contribution in [0.1, 0.15) is 30.2 Å². The number of aromatic nitrogens is 2. The van der Waals surface area contributed by atoms with E-state index in [0.29, 0.717) is 5.56 Å². The van der Waals surface area contributed by atoms with Gasteiger partial charge in [-0.2, -0.15) is 4.57 Å². The number of nitrogens with one attached hydrogen (secondary N) is 1. The number of anilines is 1. The summed E-state index contributed by atoms with van der Waals surface area (Å²) in [6, 6.07) is 17.1. The molecule has 0 aliphatic rings. The van der Waals surface area contributed by atoms with Crippen LogP contribution in [-0.4, -0.2) is 16.4 Å². The van der Waals surface area contributed by atoms with Gasteiger partial charge in [0.1, 0.15) is 5.56 Å². The summed E-state index contributed by atoms with van der Waals surface area (Å²) in [6.45, 7) is 4.78. The predicted molar refractivity (Wildman–Crippen MR) is 114 cm³/mol. The van der Waals surface area contributed by atoms with Crippen LogP contribution in [0.5, 0.6) is 0 Å². The molecular weight excluding hydrogens is 364 g/mol. The highest BCUT2D eigenvalue weighted by Crippen LogP contribution is 2.31. The number of pyridine rings is 1. The minimum Gasteiger partial charge on any atom is -0.365 e. The highest BCUT2D eigenvalue weighted by molar-refractivity contribution is 6.09. The maximum atomic E-state index is 12.8. The van der Waals surface area contributed by atoms with Gasteiger partial charge in [0, 0.05) is 47.0 Å². The van der Waals surface area contributed by atoms with E-state index < -0.39 is 11.9 Å². The van der Waals surface area contributed by atoms with Crippen molar-refractivity contribution in [3.8, 4) is 0 Å². The van der Waals surface area contributed by atoms with Crippen LogP contribution >= 0.6 is 0 Å². The SMILES string of the molecule is CCn1c2ccccc2c2cc(NC(=O)[C@H](C)[n+]3cccc(C(N)=O)c3)ccc21. The number of para-hydroxylation sites is 1. The number of aryl methyl sites for hydroxylation is 1. The summed E-state index contributed by atoms with van der Waals surface area (Å²) in [5.74, 6) is -0.695. The number of benzene rings is 2. The monoisotopic (exact) mass is 387 g/mol. The molecule has 0 radical (unpaired) electrons. The topological polar surface area (TPSA) is 81.0 Å². The van der Waals surface area contributed by atoms with Crippen molar-refractivity contribution in [2.24, 2.45) is 5.73 Å². The van der Waals surface area contributed by atoms with E-state index in [1.807, 2.05) is 30.3 Å². The van der Waals surface area contributed by atoms with Gasteiger partial charge < -0.3 is 15.6 Å². The molecule has 0 saturated heterocycles. The number of rotatable bonds is 5. The van der Waals surface area contributed by atoms with E-state index in [2.05, 4.69) is 28.9 Å². The first-order chi connectivity index (χ1) is 14.0. The summed E-state index contributed by atoms with van der Waals surface area (Å²) < 4.78 is 3.95. The smallest absolute Gasteiger partial charge is 0.293 e. The number of carbonyl (C=O) groups excluding carboxylic acids is 2. The van der Waals surface area contributed by atoms with Gasteiger partial charge in [0.05, 0.1) is 0 Å². The number of nitrogens with zero attached hydrogens (tertiary/aromatic N) is 2. The Labute approximate surface area is 168 Å². The van der Waals surface area contributed by atoms with Crippen molar-refractivity contribution in [1.29, 1.82) is 0 Å². The lowest BCUT2D eigenvalue weighted by Crippen LogP contribution is -2.44. The molecule has 2 aromatic carbocycles. The minimum absolute atomic E-state index is 0.171. The number of hydrogen-bond acceptors (Lipinski definition) is 2. The maximum absolute atomic E-state index is 12.8. The average Bonchev–Trinajstić information content (AvgIpc) is 3.06. The molecule has 0 aliphatic carbocycles. The highest BCUT2D eigenvalue weighted by Gasteiger charge is 2.23. The van der Waals surface area contributed by atoms with Crippen LogP contribution in [0.3, 0.4) is 0 Å². The lowest BCUT2D eigenvalue weighted by molar-refractivity contribution is -0.705. The van der Waals surface area contributed by atoms with Crippen LogP contribution in [0.15, 0.2) is 67.0 Å². The Balaban J connectivity index is 1.65. The molecule has 4 rings (SSSR count). The largest absolute Gasteiger partial charge is 0.365 e. The molecule has 0 unspecified atom stereocenters. The van der Waals surface area contributed by atoms with E-state index in [1.165, 1.54) is 5.52 Å². The van der Waals surface area contributed by atoms with E-state index in [4.69, 9.17) is 5.73 Å². The Kier molecular flexibility index (Phi) is 4.76. The molecule has 6 heteroatoms. The standard InChI is InChI=1S/C23H22N4O2/c1-3-27-20-9-5-4-8-18(20)19-13-17(10-11-21(19)27)25-23(29)15(2)26-12-6-7-16(14-26)22(24)28/h4-15H,3H2,1-2H3,(H2-,24,25,28,29)/p+1/t15-/m0/s1. The van der Waals surface area contributed by atoms with Crippen LogP contribution in [0.4, 0.5) is 5.69 Å². The van der Waals surface area contributed by atoms with Gasteiger partial charge in [-0.25, -0.2) is 0 Å². The first-order valence-corrected chi connectivity index (χ1v) is 9.62.